The van der Waals surface area contributed by atoms with Crippen molar-refractivity contribution in [1.82, 2.24) is 10.9 Å². The standard InChI is InChI=1S/C17H15N3O3S/c1-10-2-4-11(5-3-10)16(22)19-20-17(23)12-6-7-14-13(8-12)18-15(21)9-24-14/h2-8H,9H2,1H3,(H,18,21)(H,19,22)(H,20,23). The first-order valence-electron chi connectivity index (χ1n) is 7.27. The molecule has 0 radical (unpaired) electrons. The normalized spacial score (nSPS) is 12.8. The highest BCUT2D eigenvalue weighted by Crippen LogP contribution is 2.31. The van der Waals surface area contributed by atoms with Crippen LogP contribution in [-0.4, -0.2) is 23.5 Å². The largest absolute Gasteiger partial charge is 0.324 e. The Kier molecular flexibility index (Phi) is 4.52. The van der Waals surface area contributed by atoms with Crippen LogP contribution in [0.5, 0.6) is 0 Å². The van der Waals surface area contributed by atoms with Gasteiger partial charge in [0.15, 0.2) is 0 Å². The van der Waals surface area contributed by atoms with Crippen molar-refractivity contribution >= 4 is 35.2 Å². The summed E-state index contributed by atoms with van der Waals surface area (Å²) in [6.45, 7) is 1.93. The van der Waals surface area contributed by atoms with Crippen LogP contribution in [0, 0.1) is 6.92 Å². The highest BCUT2D eigenvalue weighted by atomic mass is 32.2. The predicted octanol–water partition coefficient (Wildman–Crippen LogP) is 2.11. The van der Waals surface area contributed by atoms with Crippen molar-refractivity contribution in [2.24, 2.45) is 0 Å². The number of thioether (sulfide) groups is 1. The average molecular weight is 341 g/mol. The molecule has 24 heavy (non-hydrogen) atoms. The summed E-state index contributed by atoms with van der Waals surface area (Å²) in [6, 6.07) is 12.0. The van der Waals surface area contributed by atoms with E-state index in [2.05, 4.69) is 16.2 Å². The third-order valence-electron chi connectivity index (χ3n) is 3.48. The Labute approximate surface area is 143 Å². The molecule has 1 heterocycles. The van der Waals surface area contributed by atoms with Crippen LogP contribution in [0.4, 0.5) is 5.69 Å². The molecule has 0 aliphatic carbocycles. The van der Waals surface area contributed by atoms with Gasteiger partial charge < -0.3 is 5.32 Å². The minimum Gasteiger partial charge on any atom is -0.324 e. The summed E-state index contributed by atoms with van der Waals surface area (Å²) in [5.41, 5.74) is 7.20. The molecule has 7 heteroatoms. The van der Waals surface area contributed by atoms with Crippen molar-refractivity contribution in [3.63, 3.8) is 0 Å². The van der Waals surface area contributed by atoms with E-state index in [-0.39, 0.29) is 5.91 Å². The maximum absolute atomic E-state index is 12.2. The van der Waals surface area contributed by atoms with E-state index in [1.165, 1.54) is 11.8 Å². The molecule has 1 aliphatic heterocycles. The van der Waals surface area contributed by atoms with E-state index < -0.39 is 11.8 Å². The van der Waals surface area contributed by atoms with Gasteiger partial charge in [-0.05, 0) is 37.3 Å². The summed E-state index contributed by atoms with van der Waals surface area (Å²) >= 11 is 1.42. The summed E-state index contributed by atoms with van der Waals surface area (Å²) in [4.78, 5) is 36.5. The molecule has 3 N–H and O–H groups in total. The van der Waals surface area contributed by atoms with Crippen molar-refractivity contribution in [2.45, 2.75) is 11.8 Å². The van der Waals surface area contributed by atoms with Crippen molar-refractivity contribution < 1.29 is 14.4 Å². The zero-order valence-electron chi connectivity index (χ0n) is 12.9. The number of rotatable bonds is 2. The van der Waals surface area contributed by atoms with E-state index in [1.54, 1.807) is 30.3 Å². The zero-order valence-corrected chi connectivity index (χ0v) is 13.7. The van der Waals surface area contributed by atoms with Crippen molar-refractivity contribution in [3.8, 4) is 0 Å². The molecule has 3 rings (SSSR count). The van der Waals surface area contributed by atoms with Crippen LogP contribution in [0.15, 0.2) is 47.4 Å². The first kappa shape index (κ1) is 16.1. The molecule has 0 saturated carbocycles. The first-order chi connectivity index (χ1) is 11.5. The molecule has 0 aromatic heterocycles. The molecular formula is C17H15N3O3S. The lowest BCUT2D eigenvalue weighted by Crippen LogP contribution is -2.41. The SMILES string of the molecule is Cc1ccc(C(=O)NNC(=O)c2ccc3c(c2)NC(=O)CS3)cc1. The van der Waals surface area contributed by atoms with Crippen LogP contribution in [0.3, 0.4) is 0 Å². The molecule has 0 bridgehead atoms. The molecule has 2 aromatic carbocycles. The molecule has 122 valence electrons. The third-order valence-corrected chi connectivity index (χ3v) is 4.55. The van der Waals surface area contributed by atoms with Crippen LogP contribution in [0.2, 0.25) is 0 Å². The maximum atomic E-state index is 12.2. The number of carbonyl (C=O) groups is 3. The lowest BCUT2D eigenvalue weighted by molar-refractivity contribution is -0.113. The number of hydrogen-bond donors (Lipinski definition) is 3. The molecule has 3 amide bonds. The second kappa shape index (κ2) is 6.76. The molecule has 1 aliphatic rings. The van der Waals surface area contributed by atoms with Gasteiger partial charge in [-0.25, -0.2) is 0 Å². The molecule has 0 saturated heterocycles. The van der Waals surface area contributed by atoms with Gasteiger partial charge >= 0.3 is 0 Å². The number of hydrazine groups is 1. The summed E-state index contributed by atoms with van der Waals surface area (Å²) < 4.78 is 0. The fourth-order valence-corrected chi connectivity index (χ4v) is 2.98. The Bertz CT molecular complexity index is 818. The first-order valence-corrected chi connectivity index (χ1v) is 8.25. The van der Waals surface area contributed by atoms with E-state index in [9.17, 15) is 14.4 Å². The fourth-order valence-electron chi connectivity index (χ4n) is 2.19. The van der Waals surface area contributed by atoms with Gasteiger partial charge in [0.25, 0.3) is 11.8 Å². The predicted molar refractivity (Wildman–Crippen MR) is 91.9 cm³/mol. The van der Waals surface area contributed by atoms with Crippen molar-refractivity contribution in [1.29, 1.82) is 0 Å². The van der Waals surface area contributed by atoms with E-state index in [1.807, 2.05) is 19.1 Å². The quantitative estimate of drug-likeness (QED) is 0.730. The van der Waals surface area contributed by atoms with E-state index >= 15 is 0 Å². The minimum atomic E-state index is -0.455. The molecule has 0 atom stereocenters. The van der Waals surface area contributed by atoms with Crippen LogP contribution in [0.1, 0.15) is 26.3 Å². The number of hydrogen-bond acceptors (Lipinski definition) is 4. The topological polar surface area (TPSA) is 87.3 Å². The van der Waals surface area contributed by atoms with Crippen molar-refractivity contribution in [3.05, 3.63) is 59.2 Å². The lowest BCUT2D eigenvalue weighted by atomic mass is 10.1. The lowest BCUT2D eigenvalue weighted by Gasteiger charge is -2.17. The van der Waals surface area contributed by atoms with Crippen LogP contribution < -0.4 is 16.2 Å². The van der Waals surface area contributed by atoms with Gasteiger partial charge in [0.2, 0.25) is 5.91 Å². The Morgan fingerprint density at radius 1 is 1.00 bits per heavy atom. The van der Waals surface area contributed by atoms with E-state index in [0.29, 0.717) is 22.6 Å². The van der Waals surface area contributed by atoms with Gasteiger partial charge in [0.1, 0.15) is 0 Å². The monoisotopic (exact) mass is 341 g/mol. The summed E-state index contributed by atoms with van der Waals surface area (Å²) in [7, 11) is 0. The third kappa shape index (κ3) is 3.57. The second-order valence-electron chi connectivity index (χ2n) is 5.32. The second-order valence-corrected chi connectivity index (χ2v) is 6.34. The van der Waals surface area contributed by atoms with E-state index in [4.69, 9.17) is 0 Å². The highest BCUT2D eigenvalue weighted by molar-refractivity contribution is 8.00. The summed E-state index contributed by atoms with van der Waals surface area (Å²) in [5, 5.41) is 2.72. The molecular weight excluding hydrogens is 326 g/mol. The molecule has 0 fully saturated rings. The van der Waals surface area contributed by atoms with Gasteiger partial charge in [0.05, 0.1) is 11.4 Å². The number of nitrogens with one attached hydrogen (secondary N) is 3. The smallest absolute Gasteiger partial charge is 0.269 e. The molecule has 6 nitrogen and oxygen atoms in total. The Morgan fingerprint density at radius 3 is 2.33 bits per heavy atom. The maximum Gasteiger partial charge on any atom is 0.269 e. The molecule has 0 unspecified atom stereocenters. The number of anilines is 1. The van der Waals surface area contributed by atoms with Crippen LogP contribution in [-0.2, 0) is 4.79 Å². The minimum absolute atomic E-state index is 0.0993. The number of aryl methyl sites for hydroxylation is 1. The number of amides is 3. The fraction of sp³-hybridized carbons (Fsp3) is 0.118. The number of carbonyl (C=O) groups excluding carboxylic acids is 3. The highest BCUT2D eigenvalue weighted by Gasteiger charge is 2.17. The van der Waals surface area contributed by atoms with Gasteiger partial charge in [-0.2, -0.15) is 0 Å². The van der Waals surface area contributed by atoms with Gasteiger partial charge in [0, 0.05) is 16.0 Å². The Hall–Kier alpha value is -2.80. The van der Waals surface area contributed by atoms with Crippen LogP contribution in [0.25, 0.3) is 0 Å². The average Bonchev–Trinajstić information content (AvgIpc) is 2.59. The summed E-state index contributed by atoms with van der Waals surface area (Å²) in [6.07, 6.45) is 0. The molecule has 0 spiro atoms. The van der Waals surface area contributed by atoms with E-state index in [0.717, 1.165) is 10.5 Å². The Balaban J connectivity index is 1.65. The molecule has 2 aromatic rings. The number of fused-ring (bicyclic) bond motifs is 1. The van der Waals surface area contributed by atoms with Crippen LogP contribution >= 0.6 is 11.8 Å². The van der Waals surface area contributed by atoms with Gasteiger partial charge in [-0.3, -0.25) is 25.2 Å². The number of benzene rings is 2. The zero-order chi connectivity index (χ0) is 17.1. The Morgan fingerprint density at radius 2 is 1.62 bits per heavy atom. The van der Waals surface area contributed by atoms with Crippen molar-refractivity contribution in [2.75, 3.05) is 11.1 Å². The van der Waals surface area contributed by atoms with Gasteiger partial charge in [-0.1, -0.05) is 17.7 Å². The van der Waals surface area contributed by atoms with Gasteiger partial charge in [-0.15, -0.1) is 11.8 Å². The summed E-state index contributed by atoms with van der Waals surface area (Å²) in [5.74, 6) is -0.587.